The quantitative estimate of drug-likeness (QED) is 0.739. The Balaban J connectivity index is 2.14. The van der Waals surface area contributed by atoms with Crippen molar-refractivity contribution in [3.63, 3.8) is 0 Å². The maximum atomic E-state index is 12.7. The number of rotatable bonds is 3. The Morgan fingerprint density at radius 3 is 1.95 bits per heavy atom. The molecule has 3 heteroatoms. The number of hydrogen-bond donors (Lipinski definition) is 0. The number of esters is 1. The molecule has 2 bridgehead atoms. The second-order valence-electron chi connectivity index (χ2n) is 9.12. The van der Waals surface area contributed by atoms with Crippen LogP contribution in [0.5, 0.6) is 0 Å². The predicted molar refractivity (Wildman–Crippen MR) is 82.7 cm³/mol. The third-order valence-electron chi connectivity index (χ3n) is 4.67. The molecule has 0 N–H and O–H groups in total. The van der Waals surface area contributed by atoms with Crippen LogP contribution in [0.2, 0.25) is 0 Å². The second kappa shape index (κ2) is 5.40. The Morgan fingerprint density at radius 1 is 0.952 bits per heavy atom. The summed E-state index contributed by atoms with van der Waals surface area (Å²) in [6.45, 7) is 11.9. The largest absolute Gasteiger partial charge is 0.460 e. The molecule has 0 aromatic heterocycles. The Kier molecular flexibility index (Phi) is 4.25. The monoisotopic (exact) mass is 294 g/mol. The van der Waals surface area contributed by atoms with E-state index in [0.29, 0.717) is 18.3 Å². The van der Waals surface area contributed by atoms with Crippen LogP contribution in [0.25, 0.3) is 0 Å². The van der Waals surface area contributed by atoms with Crippen molar-refractivity contribution in [3.8, 4) is 0 Å². The number of ketones is 1. The normalized spacial score (nSPS) is 32.3. The van der Waals surface area contributed by atoms with E-state index in [0.717, 1.165) is 19.3 Å². The van der Waals surface area contributed by atoms with Crippen LogP contribution in [-0.2, 0) is 14.3 Å². The first-order valence-electron chi connectivity index (χ1n) is 8.23. The summed E-state index contributed by atoms with van der Waals surface area (Å²) in [5.74, 6) is 0.587. The summed E-state index contributed by atoms with van der Waals surface area (Å²) in [5.41, 5.74) is -0.492. The van der Waals surface area contributed by atoms with Crippen LogP contribution >= 0.6 is 0 Å². The summed E-state index contributed by atoms with van der Waals surface area (Å²) >= 11 is 0. The van der Waals surface area contributed by atoms with Gasteiger partial charge < -0.3 is 4.74 Å². The molecule has 4 unspecified atom stereocenters. The van der Waals surface area contributed by atoms with E-state index < -0.39 is 5.60 Å². The highest BCUT2D eigenvalue weighted by Gasteiger charge is 2.54. The summed E-state index contributed by atoms with van der Waals surface area (Å²) in [4.78, 5) is 25.3. The highest BCUT2D eigenvalue weighted by Crippen LogP contribution is 2.54. The van der Waals surface area contributed by atoms with E-state index in [-0.39, 0.29) is 29.0 Å². The van der Waals surface area contributed by atoms with Gasteiger partial charge in [0.15, 0.2) is 0 Å². The van der Waals surface area contributed by atoms with Gasteiger partial charge in [-0.2, -0.15) is 0 Å². The lowest BCUT2D eigenvalue weighted by Crippen LogP contribution is -2.39. The number of ether oxygens (including phenoxy) is 1. The van der Waals surface area contributed by atoms with Gasteiger partial charge in [-0.15, -0.1) is 0 Å². The van der Waals surface area contributed by atoms with E-state index in [1.54, 1.807) is 0 Å². The van der Waals surface area contributed by atoms with E-state index in [4.69, 9.17) is 4.74 Å². The Hall–Kier alpha value is -0.860. The molecule has 2 aliphatic rings. The van der Waals surface area contributed by atoms with Crippen LogP contribution < -0.4 is 0 Å². The van der Waals surface area contributed by atoms with Crippen molar-refractivity contribution in [2.45, 2.75) is 72.8 Å². The first-order chi connectivity index (χ1) is 9.48. The first kappa shape index (κ1) is 16.5. The molecule has 2 aliphatic carbocycles. The fourth-order valence-electron chi connectivity index (χ4n) is 4.10. The maximum absolute atomic E-state index is 12.7. The number of fused-ring (bicyclic) bond motifs is 2. The number of hydrogen-bond acceptors (Lipinski definition) is 3. The van der Waals surface area contributed by atoms with E-state index in [9.17, 15) is 9.59 Å². The zero-order valence-electron chi connectivity index (χ0n) is 14.4. The lowest BCUT2D eigenvalue weighted by molar-refractivity contribution is -0.166. The van der Waals surface area contributed by atoms with Gasteiger partial charge in [0.2, 0.25) is 0 Å². The highest BCUT2D eigenvalue weighted by atomic mass is 16.6. The van der Waals surface area contributed by atoms with Crippen molar-refractivity contribution in [2.75, 3.05) is 0 Å². The molecule has 2 fully saturated rings. The van der Waals surface area contributed by atoms with Crippen LogP contribution in [0.3, 0.4) is 0 Å². The topological polar surface area (TPSA) is 43.4 Å². The van der Waals surface area contributed by atoms with E-state index >= 15 is 0 Å². The van der Waals surface area contributed by atoms with Crippen LogP contribution in [0.4, 0.5) is 0 Å². The van der Waals surface area contributed by atoms with Crippen molar-refractivity contribution in [3.05, 3.63) is 0 Å². The molecule has 0 aliphatic heterocycles. The third kappa shape index (κ3) is 3.87. The molecule has 4 atom stereocenters. The van der Waals surface area contributed by atoms with Gasteiger partial charge in [0.1, 0.15) is 11.4 Å². The SMILES string of the molecule is CC(C)(C)CC(=O)C1C2CCC(C2)C1C(=O)OC(C)(C)C. The minimum atomic E-state index is -0.476. The molecule has 0 aromatic rings. The third-order valence-corrected chi connectivity index (χ3v) is 4.67. The maximum Gasteiger partial charge on any atom is 0.310 e. The molecule has 0 heterocycles. The van der Waals surface area contributed by atoms with Crippen LogP contribution in [0.1, 0.15) is 67.2 Å². The second-order valence-corrected chi connectivity index (χ2v) is 9.12. The Bertz CT molecular complexity index is 385. The summed E-state index contributed by atoms with van der Waals surface area (Å²) in [6.07, 6.45) is 3.77. The van der Waals surface area contributed by atoms with Gasteiger partial charge in [0, 0.05) is 12.3 Å². The predicted octanol–water partition coefficient (Wildman–Crippen LogP) is 4.00. The van der Waals surface area contributed by atoms with Gasteiger partial charge in [-0.25, -0.2) is 0 Å². The lowest BCUT2D eigenvalue weighted by Gasteiger charge is -2.32. The average Bonchev–Trinajstić information content (AvgIpc) is 2.82. The fourth-order valence-corrected chi connectivity index (χ4v) is 4.10. The molecule has 0 radical (unpaired) electrons. The summed E-state index contributed by atoms with van der Waals surface area (Å²) in [7, 11) is 0. The molecule has 120 valence electrons. The minimum Gasteiger partial charge on any atom is -0.460 e. The van der Waals surface area contributed by atoms with Crippen molar-refractivity contribution in [2.24, 2.45) is 29.1 Å². The molecule has 2 rings (SSSR count). The fraction of sp³-hybridized carbons (Fsp3) is 0.889. The highest BCUT2D eigenvalue weighted by molar-refractivity contribution is 5.88. The summed E-state index contributed by atoms with van der Waals surface area (Å²) < 4.78 is 5.59. The Labute approximate surface area is 128 Å². The zero-order valence-corrected chi connectivity index (χ0v) is 14.4. The van der Waals surface area contributed by atoms with Gasteiger partial charge >= 0.3 is 5.97 Å². The van der Waals surface area contributed by atoms with E-state index in [1.165, 1.54) is 0 Å². The van der Waals surface area contributed by atoms with Crippen molar-refractivity contribution in [1.29, 1.82) is 0 Å². The van der Waals surface area contributed by atoms with Crippen molar-refractivity contribution >= 4 is 11.8 Å². The van der Waals surface area contributed by atoms with Crippen LogP contribution in [0.15, 0.2) is 0 Å². The Morgan fingerprint density at radius 2 is 1.48 bits per heavy atom. The molecule has 0 amide bonds. The molecular weight excluding hydrogens is 264 g/mol. The molecule has 0 saturated heterocycles. The van der Waals surface area contributed by atoms with Gasteiger partial charge in [-0.1, -0.05) is 20.8 Å². The van der Waals surface area contributed by atoms with Gasteiger partial charge in [-0.05, 0) is 57.3 Å². The lowest BCUT2D eigenvalue weighted by atomic mass is 9.73. The van der Waals surface area contributed by atoms with Crippen LogP contribution in [-0.4, -0.2) is 17.4 Å². The van der Waals surface area contributed by atoms with Gasteiger partial charge in [0.05, 0.1) is 5.92 Å². The average molecular weight is 294 g/mol. The zero-order chi connectivity index (χ0) is 16.0. The van der Waals surface area contributed by atoms with Crippen molar-refractivity contribution in [1.82, 2.24) is 0 Å². The molecular formula is C18H30O3. The van der Waals surface area contributed by atoms with Gasteiger partial charge in [0.25, 0.3) is 0 Å². The minimum absolute atomic E-state index is 0.0165. The summed E-state index contributed by atoms with van der Waals surface area (Å²) in [5, 5.41) is 0. The number of Topliss-reactive ketones (excluding diaryl/α,β-unsaturated/α-hetero) is 1. The molecule has 3 nitrogen and oxygen atoms in total. The smallest absolute Gasteiger partial charge is 0.310 e. The standard InChI is InChI=1S/C18H30O3/c1-17(2,3)10-13(19)14-11-7-8-12(9-11)15(14)16(20)21-18(4,5)6/h11-12,14-15H,7-10H2,1-6H3. The van der Waals surface area contributed by atoms with Crippen molar-refractivity contribution < 1.29 is 14.3 Å². The molecule has 2 saturated carbocycles. The molecule has 21 heavy (non-hydrogen) atoms. The van der Waals surface area contributed by atoms with E-state index in [1.807, 2.05) is 20.8 Å². The van der Waals surface area contributed by atoms with Crippen LogP contribution in [0, 0.1) is 29.1 Å². The molecule has 0 spiro atoms. The molecule has 0 aromatic carbocycles. The number of carbonyl (C=O) groups is 2. The van der Waals surface area contributed by atoms with Gasteiger partial charge in [-0.3, -0.25) is 9.59 Å². The number of carbonyl (C=O) groups excluding carboxylic acids is 2. The van der Waals surface area contributed by atoms with E-state index in [2.05, 4.69) is 20.8 Å². The summed E-state index contributed by atoms with van der Waals surface area (Å²) in [6, 6.07) is 0. The first-order valence-corrected chi connectivity index (χ1v) is 8.23.